The SMILES string of the molecule is NNS(=O)(=O)c1c(S(=O)(=O)O)c(S(=O)(=O)O)c(S(=O)(=O)O)c2c3nc4nc(nc5[nH]c(nc6nc(nc([nH]3)c12)-c1ccccc1-6)c1ccccc51)-c1ccccc1-4.[Cu]. The van der Waals surface area contributed by atoms with Gasteiger partial charge in [0.05, 0.1) is 10.8 Å². The number of benzene rings is 4. The van der Waals surface area contributed by atoms with Crippen LogP contribution in [0.15, 0.2) is 92.4 Å². The number of sulfonamides is 1. The fourth-order valence-corrected chi connectivity index (χ4v) is 11.9. The van der Waals surface area contributed by atoms with Crippen LogP contribution in [0.2, 0.25) is 0 Å². The van der Waals surface area contributed by atoms with E-state index in [1.165, 1.54) is 4.83 Å². The average molecular weight is 912 g/mol. The standard InChI is InChI=1S/C32H20N10O11S4.Cu/c33-42-54(43,44)21-19-20(22(55(45,46)47)24(57(51,52)53)23(21)56(48,49)50)32-40-30-18-12-6-4-10-16(18)28(38-30)36-26-14-8-2-1-7-13(14)25(34-26)35-27-15-9-3-5-11-17(15)29(37-27)39-31(19)41-32;/h1-12,42H,33H2,(H,45,46,47)(H,48,49,50)(H,51,52,53)(H2,34,35,36,37,38,39,40,41);. The first-order valence-electron chi connectivity index (χ1n) is 15.9. The van der Waals surface area contributed by atoms with E-state index in [1.807, 2.05) is 0 Å². The van der Waals surface area contributed by atoms with E-state index in [0.717, 1.165) is 0 Å². The van der Waals surface area contributed by atoms with Crippen LogP contribution in [0.1, 0.15) is 0 Å². The second kappa shape index (κ2) is 13.2. The molecule has 0 fully saturated rings. The summed E-state index contributed by atoms with van der Waals surface area (Å²) >= 11 is 0. The molecule has 8 bridgehead atoms. The molecule has 0 saturated carbocycles. The van der Waals surface area contributed by atoms with Crippen LogP contribution in [-0.2, 0) is 57.4 Å². The van der Waals surface area contributed by atoms with Crippen LogP contribution in [0.25, 0.3) is 89.7 Å². The predicted octanol–water partition coefficient (Wildman–Crippen LogP) is 2.76. The number of aromatic nitrogens is 8. The number of nitrogens with two attached hydrogens (primary N) is 1. The molecule has 26 heteroatoms. The molecule has 0 atom stereocenters. The van der Waals surface area contributed by atoms with Gasteiger partial charge in [-0.2, -0.15) is 25.3 Å². The predicted molar refractivity (Wildman–Crippen MR) is 200 cm³/mol. The van der Waals surface area contributed by atoms with Gasteiger partial charge in [-0.15, -0.1) is 4.83 Å². The van der Waals surface area contributed by atoms with E-state index in [4.69, 9.17) is 15.8 Å². The van der Waals surface area contributed by atoms with Gasteiger partial charge in [-0.1, -0.05) is 72.8 Å². The number of H-pyrrole nitrogens is 2. The molecule has 9 rings (SSSR count). The molecular formula is C32H20CuN10O11S4. The normalized spacial score (nSPS) is 13.0. The van der Waals surface area contributed by atoms with E-state index in [0.29, 0.717) is 33.2 Å². The Morgan fingerprint density at radius 2 is 0.759 bits per heavy atom. The maximum absolute atomic E-state index is 13.7. The van der Waals surface area contributed by atoms with Crippen molar-refractivity contribution in [1.29, 1.82) is 0 Å². The van der Waals surface area contributed by atoms with Crippen LogP contribution in [0.5, 0.6) is 0 Å². The second-order valence-corrected chi connectivity index (χ2v) is 18.1. The average Bonchev–Trinajstić information content (AvgIpc) is 3.88. The summed E-state index contributed by atoms with van der Waals surface area (Å²) in [6, 6.07) is 20.1. The third-order valence-electron chi connectivity index (χ3n) is 9.02. The number of hydrogen-bond donors (Lipinski definition) is 7. The molecule has 0 spiro atoms. The molecule has 0 saturated heterocycles. The van der Waals surface area contributed by atoms with Gasteiger partial charge >= 0.3 is 0 Å². The summed E-state index contributed by atoms with van der Waals surface area (Å²) in [5.41, 5.74) is 0.416. The van der Waals surface area contributed by atoms with E-state index < -0.39 is 82.0 Å². The summed E-state index contributed by atoms with van der Waals surface area (Å²) in [5.74, 6) is 4.97. The molecule has 21 nitrogen and oxygen atoms in total. The Morgan fingerprint density at radius 1 is 0.448 bits per heavy atom. The van der Waals surface area contributed by atoms with Crippen LogP contribution in [-0.4, -0.2) is 87.2 Å². The third kappa shape index (κ3) is 6.05. The summed E-state index contributed by atoms with van der Waals surface area (Å²) in [6.45, 7) is 0. The smallest absolute Gasteiger partial charge is 0.297 e. The van der Waals surface area contributed by atoms with E-state index in [2.05, 4.69) is 29.9 Å². The Morgan fingerprint density at radius 3 is 1.12 bits per heavy atom. The van der Waals surface area contributed by atoms with Crippen LogP contribution in [0.3, 0.4) is 0 Å². The Balaban J connectivity index is 0.00000469. The number of hydrazine groups is 1. The second-order valence-electron chi connectivity index (χ2n) is 12.4. The molecule has 7 aromatic rings. The van der Waals surface area contributed by atoms with Crippen molar-refractivity contribution in [3.8, 4) is 45.6 Å². The van der Waals surface area contributed by atoms with Gasteiger partial charge in [-0.3, -0.25) is 19.5 Å². The minimum absolute atomic E-state index is 0. The van der Waals surface area contributed by atoms with Gasteiger partial charge in [0.2, 0.25) is 0 Å². The summed E-state index contributed by atoms with van der Waals surface area (Å²) in [7, 11) is -24.0. The Labute approximate surface area is 335 Å². The van der Waals surface area contributed by atoms with E-state index >= 15 is 0 Å². The number of nitrogens with zero attached hydrogens (tertiary/aromatic N) is 6. The molecule has 58 heavy (non-hydrogen) atoms. The molecule has 4 aromatic carbocycles. The number of nitrogens with one attached hydrogen (secondary N) is 3. The van der Waals surface area contributed by atoms with Gasteiger partial charge in [0.15, 0.2) is 23.3 Å². The number of fused-ring (bicyclic) bond motifs is 20. The van der Waals surface area contributed by atoms with Crippen molar-refractivity contribution in [2.75, 3.05) is 0 Å². The minimum Gasteiger partial charge on any atom is -0.324 e. The van der Waals surface area contributed by atoms with Crippen molar-refractivity contribution in [2.24, 2.45) is 5.84 Å². The van der Waals surface area contributed by atoms with E-state index in [-0.39, 0.29) is 51.5 Å². The molecule has 1 radical (unpaired) electrons. The fourth-order valence-electron chi connectivity index (χ4n) is 6.82. The molecule has 0 unspecified atom stereocenters. The summed E-state index contributed by atoms with van der Waals surface area (Å²) in [6.07, 6.45) is 0. The van der Waals surface area contributed by atoms with Crippen LogP contribution in [0.4, 0.5) is 0 Å². The third-order valence-corrected chi connectivity index (χ3v) is 13.4. The maximum atomic E-state index is 13.7. The molecule has 0 amide bonds. The molecular weight excluding hydrogens is 892 g/mol. The maximum Gasteiger partial charge on any atom is 0.297 e. The van der Waals surface area contributed by atoms with Crippen LogP contribution in [0, 0.1) is 0 Å². The molecule has 3 aromatic heterocycles. The summed E-state index contributed by atoms with van der Waals surface area (Å²) in [5, 5.41) is -0.949. The van der Waals surface area contributed by atoms with Crippen molar-refractivity contribution in [2.45, 2.75) is 19.6 Å². The van der Waals surface area contributed by atoms with Crippen molar-refractivity contribution < 1.29 is 64.4 Å². The molecule has 2 aliphatic rings. The molecule has 0 aliphatic carbocycles. The van der Waals surface area contributed by atoms with Crippen molar-refractivity contribution in [1.82, 2.24) is 44.7 Å². The largest absolute Gasteiger partial charge is 0.324 e. The zero-order valence-electron chi connectivity index (χ0n) is 28.2. The van der Waals surface area contributed by atoms with E-state index in [9.17, 15) is 47.3 Å². The quantitative estimate of drug-likeness (QED) is 0.0565. The van der Waals surface area contributed by atoms with Crippen molar-refractivity contribution in [3.63, 3.8) is 0 Å². The molecule has 2 aliphatic heterocycles. The van der Waals surface area contributed by atoms with Gasteiger partial charge in [0.25, 0.3) is 40.4 Å². The number of hydrogen-bond acceptors (Lipinski definition) is 15. The Kier molecular flexibility index (Phi) is 8.92. The minimum atomic E-state index is -6.21. The summed E-state index contributed by atoms with van der Waals surface area (Å²) < 4.78 is 137. The monoisotopic (exact) mass is 911 g/mol. The van der Waals surface area contributed by atoms with Gasteiger partial charge in [-0.05, 0) is 0 Å². The van der Waals surface area contributed by atoms with Gasteiger partial charge in [0, 0.05) is 50.1 Å². The molecule has 299 valence electrons. The zero-order valence-corrected chi connectivity index (χ0v) is 32.4. The number of aromatic amines is 2. The first-order valence-corrected chi connectivity index (χ1v) is 21.7. The first-order chi connectivity index (χ1) is 26.9. The first kappa shape index (κ1) is 39.2. The van der Waals surface area contributed by atoms with Crippen LogP contribution >= 0.6 is 0 Å². The Bertz CT molecular complexity index is 3640. The Hall–Kier alpha value is -5.64. The van der Waals surface area contributed by atoms with Gasteiger partial charge in [0.1, 0.15) is 42.2 Å². The number of rotatable bonds is 5. The van der Waals surface area contributed by atoms with Crippen molar-refractivity contribution >= 4 is 84.5 Å². The molecule has 8 N–H and O–H groups in total. The topological polar surface area (TPSA) is 344 Å². The van der Waals surface area contributed by atoms with Crippen molar-refractivity contribution in [3.05, 3.63) is 72.8 Å². The zero-order chi connectivity index (χ0) is 40.4. The van der Waals surface area contributed by atoms with Crippen LogP contribution < -0.4 is 10.7 Å². The van der Waals surface area contributed by atoms with Gasteiger partial charge in [-0.25, -0.2) is 38.3 Å². The van der Waals surface area contributed by atoms with E-state index in [1.54, 1.807) is 72.8 Å². The molecule has 5 heterocycles. The summed E-state index contributed by atoms with van der Waals surface area (Å²) in [4.78, 5) is 26.6. The van der Waals surface area contributed by atoms with Gasteiger partial charge < -0.3 is 9.97 Å². The fraction of sp³-hybridized carbons (Fsp3) is 0.